The number of aliphatic hydroxyl groups is 1. The van der Waals surface area contributed by atoms with Crippen molar-refractivity contribution in [1.29, 1.82) is 0 Å². The Kier molecular flexibility index (Phi) is 3.40. The van der Waals surface area contributed by atoms with E-state index in [4.69, 9.17) is 5.11 Å². The van der Waals surface area contributed by atoms with Gasteiger partial charge in [0.15, 0.2) is 0 Å². The van der Waals surface area contributed by atoms with Crippen LogP contribution >= 0.6 is 0 Å². The molecule has 0 bridgehead atoms. The average molecular weight is 312 g/mol. The van der Waals surface area contributed by atoms with Crippen LogP contribution in [0.1, 0.15) is 6.92 Å². The number of carbonyl (C=O) groups is 1. The number of carbonyl (C=O) groups excluding carboxylic acids is 1. The summed E-state index contributed by atoms with van der Waals surface area (Å²) in [5.74, 6) is -13.0. The first-order valence-electron chi connectivity index (χ1n) is 4.76. The molecule has 1 aliphatic rings. The Hall–Kier alpha value is -1.36. The molecular formula is C9H7F7O4. The van der Waals surface area contributed by atoms with Gasteiger partial charge < -0.3 is 9.84 Å². The van der Waals surface area contributed by atoms with Crippen LogP contribution in [0.5, 0.6) is 0 Å². The first-order valence-corrected chi connectivity index (χ1v) is 4.76. The molecule has 2 unspecified atom stereocenters. The fraction of sp³-hybridized carbons (Fsp3) is 0.667. The number of hydrogen-bond donors (Lipinski definition) is 1. The highest BCUT2D eigenvalue weighted by atomic mass is 19.4. The van der Waals surface area contributed by atoms with Crippen LogP contribution in [0.15, 0.2) is 12.7 Å². The van der Waals surface area contributed by atoms with Crippen molar-refractivity contribution >= 4 is 5.97 Å². The zero-order chi connectivity index (χ0) is 16.2. The zero-order valence-electron chi connectivity index (χ0n) is 9.60. The summed E-state index contributed by atoms with van der Waals surface area (Å²) in [4.78, 5) is 10.8. The molecule has 4 nitrogen and oxygen atoms in total. The summed E-state index contributed by atoms with van der Waals surface area (Å²) in [6.45, 7) is 2.53. The van der Waals surface area contributed by atoms with Crippen molar-refractivity contribution in [2.45, 2.75) is 36.5 Å². The molecule has 0 aromatic carbocycles. The molecule has 0 spiro atoms. The van der Waals surface area contributed by atoms with Gasteiger partial charge in [-0.1, -0.05) is 6.58 Å². The van der Waals surface area contributed by atoms with Crippen LogP contribution < -0.4 is 0 Å². The fourth-order valence-electron chi connectivity index (χ4n) is 1.46. The lowest BCUT2D eigenvalue weighted by Gasteiger charge is -2.34. The van der Waals surface area contributed by atoms with Crippen molar-refractivity contribution in [2.24, 2.45) is 0 Å². The maximum atomic E-state index is 13.6. The molecule has 1 saturated heterocycles. The molecule has 1 heterocycles. The predicted molar refractivity (Wildman–Crippen MR) is 46.7 cm³/mol. The third-order valence-electron chi connectivity index (χ3n) is 2.71. The van der Waals surface area contributed by atoms with Crippen molar-refractivity contribution in [2.75, 3.05) is 0 Å². The number of halogens is 7. The highest BCUT2D eigenvalue weighted by Crippen LogP contribution is 2.62. The Morgan fingerprint density at radius 2 is 1.75 bits per heavy atom. The van der Waals surface area contributed by atoms with E-state index in [0.29, 0.717) is 0 Å². The van der Waals surface area contributed by atoms with Gasteiger partial charge in [-0.05, 0) is 6.92 Å². The van der Waals surface area contributed by atoms with Crippen LogP contribution in [0.3, 0.4) is 0 Å². The monoisotopic (exact) mass is 312 g/mol. The third-order valence-corrected chi connectivity index (χ3v) is 2.71. The van der Waals surface area contributed by atoms with Gasteiger partial charge >= 0.3 is 30.0 Å². The van der Waals surface area contributed by atoms with Gasteiger partial charge in [0, 0.05) is 6.08 Å². The van der Waals surface area contributed by atoms with Gasteiger partial charge in [0.2, 0.25) is 0 Å². The maximum absolute atomic E-state index is 13.6. The van der Waals surface area contributed by atoms with Crippen molar-refractivity contribution in [3.05, 3.63) is 12.7 Å². The molecule has 0 radical (unpaired) electrons. The van der Waals surface area contributed by atoms with E-state index in [2.05, 4.69) is 16.1 Å². The number of esters is 1. The largest absolute Gasteiger partial charge is 0.450 e. The molecule has 116 valence electrons. The van der Waals surface area contributed by atoms with Crippen LogP contribution in [-0.4, -0.2) is 40.7 Å². The summed E-state index contributed by atoms with van der Waals surface area (Å²) >= 11 is 0. The van der Waals surface area contributed by atoms with E-state index in [1.165, 1.54) is 0 Å². The summed E-state index contributed by atoms with van der Waals surface area (Å²) in [6, 6.07) is 0. The number of rotatable bonds is 2. The lowest BCUT2D eigenvalue weighted by atomic mass is 9.92. The Balaban J connectivity index is 3.46. The second-order valence-corrected chi connectivity index (χ2v) is 3.99. The standard InChI is InChI=1S/C9H7F7O4/c1-3-4(17)19-5(2)6(10,11)7(18,8(12,13)14)20-9(5,15)16/h3,18H,1H2,2H3. The Morgan fingerprint density at radius 3 is 2.05 bits per heavy atom. The lowest BCUT2D eigenvalue weighted by molar-refractivity contribution is -0.433. The fourth-order valence-corrected chi connectivity index (χ4v) is 1.46. The SMILES string of the molecule is C=CC(=O)OC1(C)C(F)(F)OC(O)(C(F)(F)F)C1(F)F. The summed E-state index contributed by atoms with van der Waals surface area (Å²) in [5.41, 5.74) is -4.38. The first-order chi connectivity index (χ1) is 8.66. The molecule has 1 aliphatic heterocycles. The molecule has 1 N–H and O–H groups in total. The minimum atomic E-state index is -6.27. The summed E-state index contributed by atoms with van der Waals surface area (Å²) < 4.78 is 97.6. The van der Waals surface area contributed by atoms with Crippen molar-refractivity contribution in [1.82, 2.24) is 0 Å². The Morgan fingerprint density at radius 1 is 1.30 bits per heavy atom. The van der Waals surface area contributed by atoms with E-state index in [0.717, 1.165) is 0 Å². The molecule has 2 atom stereocenters. The predicted octanol–water partition coefficient (Wildman–Crippen LogP) is 1.98. The van der Waals surface area contributed by atoms with Gasteiger partial charge in [-0.3, -0.25) is 4.74 Å². The molecule has 1 fully saturated rings. The summed E-state index contributed by atoms with van der Waals surface area (Å²) in [5, 5.41) is 8.82. The molecule has 0 saturated carbocycles. The van der Waals surface area contributed by atoms with E-state index in [9.17, 15) is 35.5 Å². The van der Waals surface area contributed by atoms with Crippen LogP contribution in [0.4, 0.5) is 30.7 Å². The quantitative estimate of drug-likeness (QED) is 0.481. The minimum absolute atomic E-state index is 0.183. The number of alkyl halides is 7. The van der Waals surface area contributed by atoms with Crippen LogP contribution in [0, 0.1) is 0 Å². The molecule has 0 amide bonds. The summed E-state index contributed by atoms with van der Waals surface area (Å²) in [7, 11) is 0. The topological polar surface area (TPSA) is 55.8 Å². The second-order valence-electron chi connectivity index (χ2n) is 3.99. The molecule has 11 heteroatoms. The summed E-state index contributed by atoms with van der Waals surface area (Å²) in [6.07, 6.45) is -11.4. The Labute approximate surface area is 106 Å². The second kappa shape index (κ2) is 4.07. The normalized spacial score (nSPS) is 35.6. The lowest BCUT2D eigenvalue weighted by Crippen LogP contribution is -2.64. The Bertz CT molecular complexity index is 446. The molecule has 1 rings (SSSR count). The molecule has 0 aliphatic carbocycles. The van der Waals surface area contributed by atoms with E-state index in [1.54, 1.807) is 0 Å². The third kappa shape index (κ3) is 1.79. The van der Waals surface area contributed by atoms with Crippen LogP contribution in [0.25, 0.3) is 0 Å². The van der Waals surface area contributed by atoms with Crippen LogP contribution in [0.2, 0.25) is 0 Å². The smallest absolute Gasteiger partial charge is 0.440 e. The zero-order valence-corrected chi connectivity index (χ0v) is 9.60. The van der Waals surface area contributed by atoms with Crippen molar-refractivity contribution in [3.63, 3.8) is 0 Å². The van der Waals surface area contributed by atoms with Crippen molar-refractivity contribution < 1.29 is 50.1 Å². The first kappa shape index (κ1) is 16.7. The van der Waals surface area contributed by atoms with Gasteiger partial charge in [-0.15, -0.1) is 0 Å². The van der Waals surface area contributed by atoms with E-state index in [1.807, 2.05) is 0 Å². The van der Waals surface area contributed by atoms with Crippen LogP contribution in [-0.2, 0) is 14.3 Å². The molecular weight excluding hydrogens is 305 g/mol. The highest BCUT2D eigenvalue weighted by Gasteiger charge is 2.92. The van der Waals surface area contributed by atoms with E-state index in [-0.39, 0.29) is 13.0 Å². The molecule has 0 aromatic rings. The van der Waals surface area contributed by atoms with Gasteiger partial charge in [-0.25, -0.2) is 4.79 Å². The number of hydrogen-bond acceptors (Lipinski definition) is 4. The van der Waals surface area contributed by atoms with Gasteiger partial charge in [0.25, 0.3) is 5.60 Å². The van der Waals surface area contributed by atoms with Gasteiger partial charge in [-0.2, -0.15) is 30.7 Å². The van der Waals surface area contributed by atoms with Crippen molar-refractivity contribution in [3.8, 4) is 0 Å². The molecule has 0 aromatic heterocycles. The van der Waals surface area contributed by atoms with Gasteiger partial charge in [0.05, 0.1) is 0 Å². The van der Waals surface area contributed by atoms with E-state index >= 15 is 0 Å². The highest BCUT2D eigenvalue weighted by molar-refractivity contribution is 5.81. The average Bonchev–Trinajstić information content (AvgIpc) is 2.34. The van der Waals surface area contributed by atoms with E-state index < -0.39 is 35.6 Å². The molecule has 20 heavy (non-hydrogen) atoms. The maximum Gasteiger partial charge on any atom is 0.450 e. The minimum Gasteiger partial charge on any atom is -0.440 e. The number of ether oxygens (including phenoxy) is 2. The van der Waals surface area contributed by atoms with Gasteiger partial charge in [0.1, 0.15) is 0 Å².